The van der Waals surface area contributed by atoms with E-state index in [9.17, 15) is 4.79 Å². The van der Waals surface area contributed by atoms with Crippen molar-refractivity contribution < 1.29 is 4.79 Å². The fourth-order valence-corrected chi connectivity index (χ4v) is 3.53. The number of halogens is 1. The van der Waals surface area contributed by atoms with Crippen molar-refractivity contribution in [2.45, 2.75) is 40.2 Å². The summed E-state index contributed by atoms with van der Waals surface area (Å²) in [6, 6.07) is 6.14. The van der Waals surface area contributed by atoms with Gasteiger partial charge in [-0.2, -0.15) is 5.10 Å². The first-order chi connectivity index (χ1) is 11.9. The van der Waals surface area contributed by atoms with Gasteiger partial charge in [-0.3, -0.25) is 4.79 Å². The van der Waals surface area contributed by atoms with Crippen molar-refractivity contribution in [3.05, 3.63) is 45.7 Å². The average molecular weight is 361 g/mol. The number of aromatic nitrogens is 2. The molecule has 0 radical (unpaired) electrons. The van der Waals surface area contributed by atoms with Crippen LogP contribution in [-0.4, -0.2) is 46.3 Å². The standard InChI is InChI=1S/C19H25ClN4O/c1-12-5-6-16(9-18(12)20)24-15(4)17(14(3)22-24)10-19(25)23-8-7-21-11-13(23)2/h5-6,9,13,21H,7-8,10-11H2,1-4H3/t13-/m1/s1. The molecule has 1 aliphatic heterocycles. The number of carbonyl (C=O) groups is 1. The fourth-order valence-electron chi connectivity index (χ4n) is 3.36. The number of nitrogens with one attached hydrogen (secondary N) is 1. The van der Waals surface area contributed by atoms with Crippen LogP contribution < -0.4 is 5.32 Å². The highest BCUT2D eigenvalue weighted by molar-refractivity contribution is 6.31. The minimum absolute atomic E-state index is 0.168. The van der Waals surface area contributed by atoms with Crippen LogP contribution in [0.5, 0.6) is 0 Å². The van der Waals surface area contributed by atoms with Gasteiger partial charge in [0.05, 0.1) is 17.8 Å². The molecule has 1 atom stereocenters. The molecule has 1 aliphatic rings. The maximum absolute atomic E-state index is 12.8. The van der Waals surface area contributed by atoms with Crippen LogP contribution in [0.25, 0.3) is 5.69 Å². The van der Waals surface area contributed by atoms with E-state index in [4.69, 9.17) is 11.6 Å². The highest BCUT2D eigenvalue weighted by atomic mass is 35.5. The minimum atomic E-state index is 0.168. The Morgan fingerprint density at radius 1 is 1.36 bits per heavy atom. The third-order valence-corrected chi connectivity index (χ3v) is 5.40. The van der Waals surface area contributed by atoms with E-state index >= 15 is 0 Å². The summed E-state index contributed by atoms with van der Waals surface area (Å²) in [4.78, 5) is 14.7. The molecule has 0 aliphatic carbocycles. The summed E-state index contributed by atoms with van der Waals surface area (Å²) in [5, 5.41) is 8.68. The molecule has 134 valence electrons. The van der Waals surface area contributed by atoms with Crippen LogP contribution in [-0.2, 0) is 11.2 Å². The lowest BCUT2D eigenvalue weighted by atomic mass is 10.1. The Bertz CT molecular complexity index is 799. The van der Waals surface area contributed by atoms with E-state index in [1.807, 2.05) is 48.6 Å². The average Bonchev–Trinajstić information content (AvgIpc) is 2.86. The molecule has 3 rings (SSSR count). The molecule has 2 heterocycles. The third-order valence-electron chi connectivity index (χ3n) is 4.99. The maximum atomic E-state index is 12.8. The molecule has 0 spiro atoms. The molecule has 5 nitrogen and oxygen atoms in total. The van der Waals surface area contributed by atoms with Gasteiger partial charge in [0.25, 0.3) is 0 Å². The van der Waals surface area contributed by atoms with Crippen LogP contribution in [0.15, 0.2) is 18.2 Å². The summed E-state index contributed by atoms with van der Waals surface area (Å²) in [5.41, 5.74) is 4.85. The summed E-state index contributed by atoms with van der Waals surface area (Å²) in [6.45, 7) is 10.5. The van der Waals surface area contributed by atoms with Gasteiger partial charge in [-0.1, -0.05) is 17.7 Å². The van der Waals surface area contributed by atoms with Gasteiger partial charge in [-0.05, 0) is 45.4 Å². The molecular weight excluding hydrogens is 336 g/mol. The smallest absolute Gasteiger partial charge is 0.227 e. The SMILES string of the molecule is Cc1ccc(-n2nc(C)c(CC(=O)N3CCNC[C@H]3C)c2C)cc1Cl. The molecule has 25 heavy (non-hydrogen) atoms. The van der Waals surface area contributed by atoms with Gasteiger partial charge in [-0.15, -0.1) is 0 Å². The zero-order valence-corrected chi connectivity index (χ0v) is 16.0. The van der Waals surface area contributed by atoms with Crippen LogP contribution in [0.2, 0.25) is 5.02 Å². The van der Waals surface area contributed by atoms with Crippen molar-refractivity contribution in [3.8, 4) is 5.69 Å². The maximum Gasteiger partial charge on any atom is 0.227 e. The van der Waals surface area contributed by atoms with Gasteiger partial charge < -0.3 is 10.2 Å². The Morgan fingerprint density at radius 3 is 2.80 bits per heavy atom. The van der Waals surface area contributed by atoms with Crippen LogP contribution in [0, 0.1) is 20.8 Å². The minimum Gasteiger partial charge on any atom is -0.337 e. The zero-order chi connectivity index (χ0) is 18.1. The Hall–Kier alpha value is -1.85. The molecule has 0 saturated carbocycles. The number of aryl methyl sites for hydroxylation is 2. The summed E-state index contributed by atoms with van der Waals surface area (Å²) >= 11 is 6.26. The van der Waals surface area contributed by atoms with Crippen LogP contribution >= 0.6 is 11.6 Å². The molecular formula is C19H25ClN4O. The lowest BCUT2D eigenvalue weighted by Gasteiger charge is -2.34. The topological polar surface area (TPSA) is 50.2 Å². The number of nitrogens with zero attached hydrogens (tertiary/aromatic N) is 3. The quantitative estimate of drug-likeness (QED) is 0.915. The second-order valence-electron chi connectivity index (χ2n) is 6.81. The largest absolute Gasteiger partial charge is 0.337 e. The van der Waals surface area contributed by atoms with Gasteiger partial charge in [0, 0.05) is 42.0 Å². The van der Waals surface area contributed by atoms with Crippen molar-refractivity contribution in [2.75, 3.05) is 19.6 Å². The molecule has 0 bridgehead atoms. The molecule has 1 aromatic carbocycles. The second-order valence-corrected chi connectivity index (χ2v) is 7.22. The number of benzene rings is 1. The molecule has 1 N–H and O–H groups in total. The van der Waals surface area contributed by atoms with Gasteiger partial charge in [-0.25, -0.2) is 4.68 Å². The van der Waals surface area contributed by atoms with Crippen molar-refractivity contribution in [1.82, 2.24) is 20.0 Å². The zero-order valence-electron chi connectivity index (χ0n) is 15.3. The van der Waals surface area contributed by atoms with Gasteiger partial charge in [0.15, 0.2) is 0 Å². The van der Waals surface area contributed by atoms with Gasteiger partial charge in [0.2, 0.25) is 5.91 Å². The van der Waals surface area contributed by atoms with Crippen LogP contribution in [0.1, 0.15) is 29.4 Å². The van der Waals surface area contributed by atoms with Crippen LogP contribution in [0.4, 0.5) is 0 Å². The summed E-state index contributed by atoms with van der Waals surface area (Å²) in [5.74, 6) is 0.168. The molecule has 0 unspecified atom stereocenters. The second kappa shape index (κ2) is 7.18. The first-order valence-electron chi connectivity index (χ1n) is 8.70. The van der Waals surface area contributed by atoms with Crippen LogP contribution in [0.3, 0.4) is 0 Å². The number of piperazine rings is 1. The predicted octanol–water partition coefficient (Wildman–Crippen LogP) is 2.81. The van der Waals surface area contributed by atoms with Crippen molar-refractivity contribution >= 4 is 17.5 Å². The van der Waals surface area contributed by atoms with E-state index in [0.29, 0.717) is 6.42 Å². The van der Waals surface area contributed by atoms with Crippen molar-refractivity contribution in [2.24, 2.45) is 0 Å². The van der Waals surface area contributed by atoms with E-state index < -0.39 is 0 Å². The first-order valence-corrected chi connectivity index (χ1v) is 9.08. The summed E-state index contributed by atoms with van der Waals surface area (Å²) in [6.07, 6.45) is 0.390. The van der Waals surface area contributed by atoms with E-state index in [1.54, 1.807) is 0 Å². The van der Waals surface area contributed by atoms with Gasteiger partial charge in [0.1, 0.15) is 0 Å². The molecule has 1 amide bonds. The Kier molecular flexibility index (Phi) is 5.16. The first kappa shape index (κ1) is 18.0. The lowest BCUT2D eigenvalue weighted by Crippen LogP contribution is -2.52. The normalized spacial score (nSPS) is 17.8. The Morgan fingerprint density at radius 2 is 2.12 bits per heavy atom. The molecule has 1 aromatic heterocycles. The number of amides is 1. The third kappa shape index (κ3) is 3.58. The molecule has 1 fully saturated rings. The fraction of sp³-hybridized carbons (Fsp3) is 0.474. The van der Waals surface area contributed by atoms with Crippen molar-refractivity contribution in [3.63, 3.8) is 0 Å². The molecule has 6 heteroatoms. The van der Waals surface area contributed by atoms with E-state index in [2.05, 4.69) is 17.3 Å². The number of carbonyl (C=O) groups excluding carboxylic acids is 1. The highest BCUT2D eigenvalue weighted by Gasteiger charge is 2.25. The predicted molar refractivity (Wildman–Crippen MR) is 101 cm³/mol. The Labute approximate surface area is 154 Å². The molecule has 2 aromatic rings. The van der Waals surface area contributed by atoms with E-state index in [0.717, 1.165) is 52.9 Å². The Balaban J connectivity index is 1.86. The van der Waals surface area contributed by atoms with E-state index in [-0.39, 0.29) is 11.9 Å². The van der Waals surface area contributed by atoms with E-state index in [1.165, 1.54) is 0 Å². The number of rotatable bonds is 3. The number of hydrogen-bond acceptors (Lipinski definition) is 3. The summed E-state index contributed by atoms with van der Waals surface area (Å²) in [7, 11) is 0. The highest BCUT2D eigenvalue weighted by Crippen LogP contribution is 2.23. The monoisotopic (exact) mass is 360 g/mol. The van der Waals surface area contributed by atoms with Gasteiger partial charge >= 0.3 is 0 Å². The number of hydrogen-bond donors (Lipinski definition) is 1. The summed E-state index contributed by atoms with van der Waals surface area (Å²) < 4.78 is 1.88. The lowest BCUT2D eigenvalue weighted by molar-refractivity contribution is -0.133. The molecule has 1 saturated heterocycles. The van der Waals surface area contributed by atoms with Crippen molar-refractivity contribution in [1.29, 1.82) is 0 Å².